The molecular formula is C29H48O4Si2. The Labute approximate surface area is 216 Å². The molecule has 0 aliphatic carbocycles. The largest absolute Gasteiger partial charge is 0.543 e. The van der Waals surface area contributed by atoms with Crippen LogP contribution in [0.25, 0.3) is 0 Å². The molecule has 0 aliphatic heterocycles. The fourth-order valence-corrected chi connectivity index (χ4v) is 5.52. The monoisotopic (exact) mass is 516 g/mol. The lowest BCUT2D eigenvalue weighted by atomic mass is 9.77. The zero-order valence-corrected chi connectivity index (χ0v) is 26.1. The van der Waals surface area contributed by atoms with Gasteiger partial charge in [0.2, 0.25) is 16.6 Å². The van der Waals surface area contributed by atoms with Gasteiger partial charge in [-0.15, -0.1) is 0 Å². The highest BCUT2D eigenvalue weighted by atomic mass is 28.4. The standard InChI is InChI=1S/C29H48O4Si2/c1-27(2,3)34(9,10)32-25-15-13-23(17-21(25)19-30)29(7,8)24-14-16-26(22(18-24)20-31)33-35(11,12)28(4,5)6/h13-18,30-31H,19-20H2,1-12H3. The van der Waals surface area contributed by atoms with E-state index in [1.54, 1.807) is 0 Å². The van der Waals surface area contributed by atoms with Crippen molar-refractivity contribution in [3.8, 4) is 11.5 Å². The summed E-state index contributed by atoms with van der Waals surface area (Å²) in [6, 6.07) is 12.3. The Morgan fingerprint density at radius 1 is 0.600 bits per heavy atom. The summed E-state index contributed by atoms with van der Waals surface area (Å²) in [6.07, 6.45) is 0. The van der Waals surface area contributed by atoms with E-state index in [-0.39, 0.29) is 28.7 Å². The number of aliphatic hydroxyl groups is 2. The minimum absolute atomic E-state index is 0.0743. The topological polar surface area (TPSA) is 58.9 Å². The van der Waals surface area contributed by atoms with Gasteiger partial charge >= 0.3 is 0 Å². The molecule has 196 valence electrons. The minimum atomic E-state index is -2.02. The first-order chi connectivity index (χ1) is 15.8. The summed E-state index contributed by atoms with van der Waals surface area (Å²) in [7, 11) is -4.04. The maximum atomic E-state index is 10.2. The number of benzene rings is 2. The van der Waals surface area contributed by atoms with E-state index in [1.165, 1.54) is 0 Å². The van der Waals surface area contributed by atoms with E-state index in [2.05, 4.69) is 106 Å². The molecule has 0 saturated carbocycles. The third kappa shape index (κ3) is 6.40. The maximum absolute atomic E-state index is 10.2. The van der Waals surface area contributed by atoms with Gasteiger partial charge in [-0.05, 0) is 71.7 Å². The number of rotatable bonds is 8. The SMILES string of the molecule is CC(C)(c1ccc(O[Si](C)(C)C(C)(C)C)c(CO)c1)c1ccc(O[Si](C)(C)C(C)(C)C)c(CO)c1. The quantitative estimate of drug-likeness (QED) is 0.352. The fraction of sp³-hybridized carbons (Fsp3) is 0.586. The lowest BCUT2D eigenvalue weighted by molar-refractivity contribution is 0.277. The van der Waals surface area contributed by atoms with E-state index in [0.717, 1.165) is 33.8 Å². The molecule has 2 aromatic rings. The Bertz CT molecular complexity index is 946. The molecule has 35 heavy (non-hydrogen) atoms. The number of aliphatic hydroxyl groups excluding tert-OH is 2. The second-order valence-corrected chi connectivity index (χ2v) is 22.8. The van der Waals surface area contributed by atoms with Crippen LogP contribution in [0.4, 0.5) is 0 Å². The van der Waals surface area contributed by atoms with Crippen LogP contribution in [0.5, 0.6) is 11.5 Å². The second kappa shape index (κ2) is 10.0. The van der Waals surface area contributed by atoms with Crippen LogP contribution in [0.15, 0.2) is 36.4 Å². The van der Waals surface area contributed by atoms with E-state index >= 15 is 0 Å². The van der Waals surface area contributed by atoms with Crippen LogP contribution >= 0.6 is 0 Å². The van der Waals surface area contributed by atoms with Crippen molar-refractivity contribution in [2.75, 3.05) is 0 Å². The van der Waals surface area contributed by atoms with Crippen molar-refractivity contribution in [3.05, 3.63) is 58.7 Å². The molecule has 2 rings (SSSR count). The molecule has 0 atom stereocenters. The van der Waals surface area contributed by atoms with Crippen LogP contribution < -0.4 is 8.85 Å². The molecule has 0 fully saturated rings. The first kappa shape index (κ1) is 29.6. The molecule has 2 aromatic carbocycles. The maximum Gasteiger partial charge on any atom is 0.250 e. The summed E-state index contributed by atoms with van der Waals surface area (Å²) in [5.74, 6) is 1.54. The Kier molecular flexibility index (Phi) is 8.50. The smallest absolute Gasteiger partial charge is 0.250 e. The van der Waals surface area contributed by atoms with Crippen LogP contribution in [0.2, 0.25) is 36.3 Å². The van der Waals surface area contributed by atoms with Gasteiger partial charge in [-0.1, -0.05) is 67.5 Å². The van der Waals surface area contributed by atoms with Gasteiger partial charge < -0.3 is 19.1 Å². The van der Waals surface area contributed by atoms with E-state index in [4.69, 9.17) is 8.85 Å². The number of hydrogen-bond donors (Lipinski definition) is 2. The van der Waals surface area contributed by atoms with Gasteiger partial charge in [-0.25, -0.2) is 0 Å². The molecule has 0 aromatic heterocycles. The first-order valence-electron chi connectivity index (χ1n) is 12.6. The average Bonchev–Trinajstić information content (AvgIpc) is 2.71. The lowest BCUT2D eigenvalue weighted by Crippen LogP contribution is -2.44. The summed E-state index contributed by atoms with van der Waals surface area (Å²) in [5.41, 5.74) is 3.46. The highest BCUT2D eigenvalue weighted by Gasteiger charge is 2.40. The third-order valence-electron chi connectivity index (χ3n) is 8.25. The van der Waals surface area contributed by atoms with E-state index in [9.17, 15) is 10.2 Å². The van der Waals surface area contributed by atoms with Crippen molar-refractivity contribution in [2.24, 2.45) is 0 Å². The van der Waals surface area contributed by atoms with Crippen LogP contribution in [0, 0.1) is 0 Å². The van der Waals surface area contributed by atoms with Gasteiger partial charge in [-0.2, -0.15) is 0 Å². The molecule has 0 unspecified atom stereocenters. The van der Waals surface area contributed by atoms with E-state index in [1.807, 2.05) is 12.1 Å². The Morgan fingerprint density at radius 2 is 0.914 bits per heavy atom. The molecule has 0 heterocycles. The van der Waals surface area contributed by atoms with Crippen molar-refractivity contribution in [3.63, 3.8) is 0 Å². The van der Waals surface area contributed by atoms with Gasteiger partial charge in [0.25, 0.3) is 0 Å². The van der Waals surface area contributed by atoms with Crippen LogP contribution in [0.1, 0.15) is 77.6 Å². The van der Waals surface area contributed by atoms with Gasteiger partial charge in [0, 0.05) is 16.5 Å². The molecule has 2 N–H and O–H groups in total. The summed E-state index contributed by atoms with van der Waals surface area (Å²) < 4.78 is 13.0. The Hall–Kier alpha value is -1.61. The van der Waals surface area contributed by atoms with Crippen molar-refractivity contribution in [1.29, 1.82) is 0 Å². The highest BCUT2D eigenvalue weighted by molar-refractivity contribution is 6.75. The van der Waals surface area contributed by atoms with Gasteiger partial charge in [0.05, 0.1) is 13.2 Å². The molecule has 0 amide bonds. The van der Waals surface area contributed by atoms with Gasteiger partial charge in [-0.3, -0.25) is 0 Å². The van der Waals surface area contributed by atoms with Crippen molar-refractivity contribution in [2.45, 2.75) is 110 Å². The zero-order valence-electron chi connectivity index (χ0n) is 24.1. The predicted octanol–water partition coefficient (Wildman–Crippen LogP) is 7.77. The van der Waals surface area contributed by atoms with E-state index in [0.29, 0.717) is 0 Å². The summed E-state index contributed by atoms with van der Waals surface area (Å²) >= 11 is 0. The second-order valence-electron chi connectivity index (χ2n) is 13.3. The Morgan fingerprint density at radius 3 is 1.17 bits per heavy atom. The fourth-order valence-electron chi connectivity index (χ4n) is 3.41. The molecule has 0 spiro atoms. The molecule has 6 heteroatoms. The first-order valence-corrected chi connectivity index (χ1v) is 18.4. The molecule has 0 aliphatic rings. The average molecular weight is 517 g/mol. The summed E-state index contributed by atoms with van der Waals surface area (Å²) in [5, 5.41) is 20.5. The molecule has 0 saturated heterocycles. The Balaban J connectivity index is 2.45. The normalized spacial score (nSPS) is 13.7. The molecule has 0 bridgehead atoms. The number of hydrogen-bond acceptors (Lipinski definition) is 4. The predicted molar refractivity (Wildman–Crippen MR) is 153 cm³/mol. The molecular weight excluding hydrogens is 468 g/mol. The highest BCUT2D eigenvalue weighted by Crippen LogP contribution is 2.42. The van der Waals surface area contributed by atoms with Gasteiger partial charge in [0.15, 0.2) is 0 Å². The molecule has 4 nitrogen and oxygen atoms in total. The lowest BCUT2D eigenvalue weighted by Gasteiger charge is -2.37. The third-order valence-corrected chi connectivity index (χ3v) is 16.9. The van der Waals surface area contributed by atoms with Crippen LogP contribution in [-0.4, -0.2) is 26.8 Å². The van der Waals surface area contributed by atoms with Crippen LogP contribution in [-0.2, 0) is 18.6 Å². The summed E-state index contributed by atoms with van der Waals surface area (Å²) in [4.78, 5) is 0. The minimum Gasteiger partial charge on any atom is -0.543 e. The zero-order chi connectivity index (χ0) is 27.0. The van der Waals surface area contributed by atoms with Crippen molar-refractivity contribution in [1.82, 2.24) is 0 Å². The van der Waals surface area contributed by atoms with Crippen molar-refractivity contribution >= 4 is 16.6 Å². The van der Waals surface area contributed by atoms with Crippen molar-refractivity contribution < 1.29 is 19.1 Å². The van der Waals surface area contributed by atoms with Crippen LogP contribution in [0.3, 0.4) is 0 Å². The molecule has 0 radical (unpaired) electrons. The van der Waals surface area contributed by atoms with Gasteiger partial charge in [0.1, 0.15) is 11.5 Å². The summed E-state index contributed by atoms with van der Waals surface area (Å²) in [6.45, 7) is 26.4. The van der Waals surface area contributed by atoms with E-state index < -0.39 is 16.6 Å².